The van der Waals surface area contributed by atoms with Crippen LogP contribution < -0.4 is 10.1 Å². The number of carbonyl (C=O) groups is 1. The van der Waals surface area contributed by atoms with Gasteiger partial charge >= 0.3 is 0 Å². The Morgan fingerprint density at radius 2 is 2.00 bits per heavy atom. The summed E-state index contributed by atoms with van der Waals surface area (Å²) in [6.45, 7) is 2.16. The van der Waals surface area contributed by atoms with E-state index in [0.29, 0.717) is 17.2 Å². The highest BCUT2D eigenvalue weighted by Gasteiger charge is 2.14. The largest absolute Gasteiger partial charge is 0.504 e. The fraction of sp³-hybridized carbons (Fsp3) is 0.238. The second-order valence-electron chi connectivity index (χ2n) is 6.19. The first kappa shape index (κ1) is 18.5. The lowest BCUT2D eigenvalue weighted by molar-refractivity contribution is 0.0987. The average molecular weight is 366 g/mol. The van der Waals surface area contributed by atoms with Gasteiger partial charge in [-0.15, -0.1) is 0 Å². The van der Waals surface area contributed by atoms with E-state index in [0.717, 1.165) is 31.2 Å². The molecule has 0 unspecified atom stereocenters. The van der Waals surface area contributed by atoms with E-state index >= 15 is 0 Å². The quantitative estimate of drug-likeness (QED) is 0.538. The summed E-state index contributed by atoms with van der Waals surface area (Å²) in [6.07, 6.45) is 5.73. The Balaban J connectivity index is 1.73. The van der Waals surface area contributed by atoms with Crippen LogP contribution in [0.15, 0.2) is 59.3 Å². The highest BCUT2D eigenvalue weighted by molar-refractivity contribution is 6.02. The van der Waals surface area contributed by atoms with Crippen molar-refractivity contribution in [3.05, 3.63) is 66.1 Å². The number of phenols is 1. The van der Waals surface area contributed by atoms with Crippen molar-refractivity contribution in [1.29, 1.82) is 0 Å². The number of amides is 1. The van der Waals surface area contributed by atoms with Gasteiger partial charge in [0, 0.05) is 6.07 Å². The van der Waals surface area contributed by atoms with Gasteiger partial charge in [-0.2, -0.15) is 0 Å². The topological polar surface area (TPSA) is 84.6 Å². The number of rotatable bonds is 8. The molecule has 0 saturated heterocycles. The molecule has 0 bridgehead atoms. The number of carbonyl (C=O) groups excluding carboxylic acids is 1. The van der Waals surface area contributed by atoms with Crippen LogP contribution in [-0.4, -0.2) is 16.2 Å². The van der Waals surface area contributed by atoms with Crippen molar-refractivity contribution in [2.45, 2.75) is 32.6 Å². The van der Waals surface area contributed by atoms with Crippen molar-refractivity contribution >= 4 is 11.6 Å². The van der Waals surface area contributed by atoms with Gasteiger partial charge in [-0.3, -0.25) is 4.79 Å². The van der Waals surface area contributed by atoms with Crippen molar-refractivity contribution < 1.29 is 19.2 Å². The molecule has 1 aromatic heterocycles. The minimum absolute atomic E-state index is 0.0698. The van der Waals surface area contributed by atoms with Crippen molar-refractivity contribution in [1.82, 2.24) is 5.16 Å². The Bertz CT molecular complexity index is 891. The Hall–Kier alpha value is -3.28. The molecule has 0 spiro atoms. The number of aromatic hydroxyl groups is 1. The molecule has 0 aliphatic rings. The fourth-order valence-electron chi connectivity index (χ4n) is 2.68. The molecule has 1 heterocycles. The molecule has 3 rings (SSSR count). The summed E-state index contributed by atoms with van der Waals surface area (Å²) in [5.74, 6) is 0.485. The van der Waals surface area contributed by atoms with E-state index in [1.807, 2.05) is 6.07 Å². The summed E-state index contributed by atoms with van der Waals surface area (Å²) in [5, 5.41) is 16.5. The molecule has 1 amide bonds. The molecule has 2 aromatic carbocycles. The summed E-state index contributed by atoms with van der Waals surface area (Å²) < 4.78 is 10.7. The molecule has 3 aromatic rings. The van der Waals surface area contributed by atoms with E-state index in [1.165, 1.54) is 12.3 Å². The molecule has 2 N–H and O–H groups in total. The molecular weight excluding hydrogens is 344 g/mol. The summed E-state index contributed by atoms with van der Waals surface area (Å²) in [4.78, 5) is 12.2. The molecule has 140 valence electrons. The van der Waals surface area contributed by atoms with Gasteiger partial charge in [-0.1, -0.05) is 43.1 Å². The number of phenolic OH excluding ortho intramolecular Hbond substituents is 1. The molecule has 0 atom stereocenters. The van der Waals surface area contributed by atoms with Gasteiger partial charge in [0.25, 0.3) is 5.91 Å². The summed E-state index contributed by atoms with van der Waals surface area (Å²) in [5.41, 5.74) is 1.53. The Morgan fingerprint density at radius 1 is 1.15 bits per heavy atom. The monoisotopic (exact) mass is 366 g/mol. The molecule has 0 aliphatic carbocycles. The van der Waals surface area contributed by atoms with E-state index in [-0.39, 0.29) is 11.5 Å². The first-order valence-electron chi connectivity index (χ1n) is 8.98. The number of nitrogens with zero attached hydrogens (tertiary/aromatic N) is 1. The second kappa shape index (κ2) is 8.89. The molecule has 0 aliphatic heterocycles. The Labute approximate surface area is 157 Å². The van der Waals surface area contributed by atoms with E-state index in [4.69, 9.17) is 9.26 Å². The van der Waals surface area contributed by atoms with Gasteiger partial charge in [0.05, 0.1) is 11.9 Å². The number of anilines is 1. The molecule has 6 nitrogen and oxygen atoms in total. The third-order valence-corrected chi connectivity index (χ3v) is 4.11. The zero-order valence-electron chi connectivity index (χ0n) is 15.1. The number of hydrogen-bond acceptors (Lipinski definition) is 5. The lowest BCUT2D eigenvalue weighted by Crippen LogP contribution is -2.11. The lowest BCUT2D eigenvalue weighted by atomic mass is 10.1. The SMILES string of the molecule is CCCCCc1ccc(Oc2ccccc2NC(=O)c2ccno2)c(O)c1. The van der Waals surface area contributed by atoms with Crippen LogP contribution in [0.2, 0.25) is 0 Å². The van der Waals surface area contributed by atoms with E-state index < -0.39 is 5.91 Å². The third-order valence-electron chi connectivity index (χ3n) is 4.11. The van der Waals surface area contributed by atoms with Gasteiger partial charge in [0.1, 0.15) is 0 Å². The number of benzene rings is 2. The van der Waals surface area contributed by atoms with E-state index in [9.17, 15) is 9.90 Å². The molecule has 0 saturated carbocycles. The summed E-state index contributed by atoms with van der Waals surface area (Å²) >= 11 is 0. The first-order valence-corrected chi connectivity index (χ1v) is 8.98. The van der Waals surface area contributed by atoms with Gasteiger partial charge < -0.3 is 19.7 Å². The molecule has 27 heavy (non-hydrogen) atoms. The molecular formula is C21H22N2O4. The van der Waals surface area contributed by atoms with Gasteiger partial charge in [0.15, 0.2) is 17.2 Å². The van der Waals surface area contributed by atoms with Gasteiger partial charge in [0.2, 0.25) is 5.76 Å². The molecule has 0 radical (unpaired) electrons. The van der Waals surface area contributed by atoms with Crippen LogP contribution in [0.25, 0.3) is 0 Å². The van der Waals surface area contributed by atoms with Crippen LogP contribution in [0, 0.1) is 0 Å². The number of unbranched alkanes of at least 4 members (excludes halogenated alkanes) is 2. The number of para-hydroxylation sites is 2. The van der Waals surface area contributed by atoms with Crippen molar-refractivity contribution in [2.75, 3.05) is 5.32 Å². The normalized spacial score (nSPS) is 10.6. The Morgan fingerprint density at radius 3 is 2.74 bits per heavy atom. The second-order valence-corrected chi connectivity index (χ2v) is 6.19. The number of nitrogens with one attached hydrogen (secondary N) is 1. The lowest BCUT2D eigenvalue weighted by Gasteiger charge is -2.13. The number of hydrogen-bond donors (Lipinski definition) is 2. The minimum atomic E-state index is -0.431. The van der Waals surface area contributed by atoms with Crippen molar-refractivity contribution in [2.24, 2.45) is 0 Å². The standard InChI is InChI=1S/C21H22N2O4/c1-2-3-4-7-15-10-11-19(17(24)14-15)26-18-9-6-5-8-16(18)23-21(25)20-12-13-22-27-20/h5-6,8-14,24H,2-4,7H2,1H3,(H,23,25). The van der Waals surface area contributed by atoms with Crippen LogP contribution >= 0.6 is 0 Å². The maximum atomic E-state index is 12.2. The van der Waals surface area contributed by atoms with Crippen LogP contribution in [0.3, 0.4) is 0 Å². The number of aryl methyl sites for hydroxylation is 1. The third kappa shape index (κ3) is 4.88. The highest BCUT2D eigenvalue weighted by Crippen LogP contribution is 2.35. The summed E-state index contributed by atoms with van der Waals surface area (Å²) in [6, 6.07) is 13.9. The van der Waals surface area contributed by atoms with Crippen LogP contribution in [0.4, 0.5) is 5.69 Å². The van der Waals surface area contributed by atoms with Crippen molar-refractivity contribution in [3.63, 3.8) is 0 Å². The number of ether oxygens (including phenoxy) is 1. The first-order chi connectivity index (χ1) is 13.2. The van der Waals surface area contributed by atoms with Crippen LogP contribution in [0.1, 0.15) is 42.3 Å². The molecule has 6 heteroatoms. The highest BCUT2D eigenvalue weighted by atomic mass is 16.5. The van der Waals surface area contributed by atoms with Crippen molar-refractivity contribution in [3.8, 4) is 17.2 Å². The smallest absolute Gasteiger partial charge is 0.294 e. The van der Waals surface area contributed by atoms with E-state index in [2.05, 4.69) is 17.4 Å². The van der Waals surface area contributed by atoms with E-state index in [1.54, 1.807) is 36.4 Å². The fourth-order valence-corrected chi connectivity index (χ4v) is 2.68. The van der Waals surface area contributed by atoms with Crippen LogP contribution in [-0.2, 0) is 6.42 Å². The Kier molecular flexibility index (Phi) is 6.10. The van der Waals surface area contributed by atoms with Gasteiger partial charge in [-0.25, -0.2) is 0 Å². The number of aromatic nitrogens is 1. The minimum Gasteiger partial charge on any atom is -0.504 e. The predicted molar refractivity (Wildman–Crippen MR) is 102 cm³/mol. The maximum absolute atomic E-state index is 12.2. The predicted octanol–water partition coefficient (Wildman–Crippen LogP) is 5.16. The van der Waals surface area contributed by atoms with Crippen LogP contribution in [0.5, 0.6) is 17.2 Å². The van der Waals surface area contributed by atoms with Gasteiger partial charge in [-0.05, 0) is 42.7 Å². The molecule has 0 fully saturated rings. The summed E-state index contributed by atoms with van der Waals surface area (Å²) in [7, 11) is 0. The zero-order valence-corrected chi connectivity index (χ0v) is 15.1. The zero-order chi connectivity index (χ0) is 19.1. The maximum Gasteiger partial charge on any atom is 0.294 e. The average Bonchev–Trinajstić information content (AvgIpc) is 3.20.